The number of aliphatic hydroxyl groups is 2. The molecule has 0 aromatic carbocycles. The van der Waals surface area contributed by atoms with Crippen molar-refractivity contribution in [1.82, 2.24) is 0 Å². The van der Waals surface area contributed by atoms with Crippen LogP contribution in [0.25, 0.3) is 0 Å². The van der Waals surface area contributed by atoms with Crippen molar-refractivity contribution in [2.45, 2.75) is 224 Å². The summed E-state index contributed by atoms with van der Waals surface area (Å²) < 4.78 is 50.8. The molecule has 0 saturated carbocycles. The Kier molecular flexibility index (Phi) is 18.1. The fraction of sp³-hybridized carbons (Fsp3) is 0.683. The van der Waals surface area contributed by atoms with Gasteiger partial charge in [0.2, 0.25) is 0 Å². The number of hydrogen-bond donors (Lipinski definition) is 4. The second-order valence-corrected chi connectivity index (χ2v) is 25.0. The molecule has 16 heteroatoms. The zero-order valence-corrected chi connectivity index (χ0v) is 48.2. The molecule has 4 N–H and O–H groups in total. The molecule has 0 amide bonds. The van der Waals surface area contributed by atoms with Gasteiger partial charge < -0.3 is 58.5 Å². The molecular weight excluding hydrogens is 1010 g/mol. The number of allylic oxidation sites excluding steroid dienone is 8. The Morgan fingerprint density at radius 2 is 1.05 bits per heavy atom. The van der Waals surface area contributed by atoms with Crippen molar-refractivity contribution in [2.75, 3.05) is 13.2 Å². The largest absolute Gasteiger partial charge is 0.462 e. The average Bonchev–Trinajstić information content (AvgIpc) is 4.00. The van der Waals surface area contributed by atoms with Crippen LogP contribution < -0.4 is 0 Å². The van der Waals surface area contributed by atoms with Gasteiger partial charge in [0, 0.05) is 38.5 Å². The summed E-state index contributed by atoms with van der Waals surface area (Å²) in [5, 5.41) is 50.5. The monoisotopic (exact) mass is 1100 g/mol. The van der Waals surface area contributed by atoms with Crippen molar-refractivity contribution < 1.29 is 68.1 Å². The van der Waals surface area contributed by atoms with Gasteiger partial charge in [0.1, 0.15) is 58.9 Å². The predicted molar refractivity (Wildman–Crippen MR) is 297 cm³/mol. The van der Waals surface area contributed by atoms with Gasteiger partial charge in [0.05, 0.1) is 37.6 Å². The molecule has 8 aliphatic heterocycles. The third kappa shape index (κ3) is 12.2. The predicted octanol–water partition coefficient (Wildman–Crippen LogP) is 10.4. The number of oxime groups is 2. The molecule has 0 aromatic rings. The van der Waals surface area contributed by atoms with Gasteiger partial charge in [-0.3, -0.25) is 9.59 Å². The first kappa shape index (κ1) is 59.1. The fourth-order valence-corrected chi connectivity index (χ4v) is 14.1. The van der Waals surface area contributed by atoms with Crippen LogP contribution in [0.2, 0.25) is 0 Å². The Morgan fingerprint density at radius 3 is 1.48 bits per heavy atom. The maximum atomic E-state index is 13.9. The number of carbonyl (C=O) groups excluding carboxylic acids is 2. The Hall–Kier alpha value is -4.52. The van der Waals surface area contributed by atoms with E-state index in [1.165, 1.54) is 11.1 Å². The fourth-order valence-electron chi connectivity index (χ4n) is 14.1. The number of esters is 2. The summed E-state index contributed by atoms with van der Waals surface area (Å²) in [7, 11) is 0. The third-order valence-electron chi connectivity index (χ3n) is 18.7. The Balaban J connectivity index is 0.000000192. The number of carbonyl (C=O) groups is 2. The molecule has 4 bridgehead atoms. The normalized spacial score (nSPS) is 44.8. The second-order valence-electron chi connectivity index (χ2n) is 25.0. The van der Waals surface area contributed by atoms with E-state index >= 15 is 0 Å². The molecule has 10 aliphatic rings. The first-order valence-electron chi connectivity index (χ1n) is 29.3. The van der Waals surface area contributed by atoms with Crippen LogP contribution in [0.4, 0.5) is 0 Å². The van der Waals surface area contributed by atoms with Crippen LogP contribution in [0.1, 0.15) is 153 Å². The van der Waals surface area contributed by atoms with Crippen LogP contribution >= 0.6 is 0 Å². The highest BCUT2D eigenvalue weighted by atomic mass is 16.7. The minimum atomic E-state index is -1.72. The van der Waals surface area contributed by atoms with Gasteiger partial charge in [-0.2, -0.15) is 0 Å². The molecule has 6 saturated heterocycles. The lowest BCUT2D eigenvalue weighted by Crippen LogP contribution is -2.57. The molecule has 6 fully saturated rings. The summed E-state index contributed by atoms with van der Waals surface area (Å²) in [6.45, 7) is 21.0. The molecule has 434 valence electrons. The minimum absolute atomic E-state index is 0.0431. The van der Waals surface area contributed by atoms with E-state index in [0.29, 0.717) is 66.2 Å². The van der Waals surface area contributed by atoms with Gasteiger partial charge in [-0.1, -0.05) is 117 Å². The summed E-state index contributed by atoms with van der Waals surface area (Å²) in [5.74, 6) is -3.22. The molecule has 0 radical (unpaired) electrons. The molecule has 8 heterocycles. The minimum Gasteiger partial charge on any atom is -0.462 e. The Labute approximate surface area is 467 Å². The third-order valence-corrected chi connectivity index (χ3v) is 18.7. The summed E-state index contributed by atoms with van der Waals surface area (Å²) >= 11 is 0. The van der Waals surface area contributed by atoms with E-state index in [9.17, 15) is 30.2 Å². The zero-order chi connectivity index (χ0) is 56.6. The number of ether oxygens (including phenoxy) is 8. The van der Waals surface area contributed by atoms with Crippen molar-refractivity contribution in [3.63, 3.8) is 0 Å². The lowest BCUT2D eigenvalue weighted by Gasteiger charge is -2.49. The molecule has 79 heavy (non-hydrogen) atoms. The number of rotatable bonds is 1. The van der Waals surface area contributed by atoms with E-state index < -0.39 is 71.0 Å². The molecule has 16 nitrogen and oxygen atoms in total. The van der Waals surface area contributed by atoms with Crippen LogP contribution in [0.5, 0.6) is 0 Å². The molecular formula is C63H88N2O14. The van der Waals surface area contributed by atoms with E-state index in [-0.39, 0.29) is 60.9 Å². The van der Waals surface area contributed by atoms with E-state index in [4.69, 9.17) is 37.9 Å². The SMILES string of the molecule is CC1=CCC2CC(CC3(CCC(C)C(C)O3)O2)OC(=O)C2C=C(C)C(=NO)C3OCC(=C/C=C/C(C)C1)C23O.CCC1OC2(CCC1C)CC1CC(CC=C(C)CC(C)/C=C/C=C3COC4C(=NO)C(C)=CC(C(=O)O1)C34O)O2. The van der Waals surface area contributed by atoms with Crippen molar-refractivity contribution in [2.24, 2.45) is 45.8 Å². The van der Waals surface area contributed by atoms with Crippen LogP contribution in [0.15, 0.2) is 105 Å². The van der Waals surface area contributed by atoms with E-state index in [2.05, 4.69) is 90.0 Å². The van der Waals surface area contributed by atoms with Gasteiger partial charge in [-0.05, 0) is 126 Å². The number of fused-ring (bicyclic) bond motifs is 4. The van der Waals surface area contributed by atoms with Crippen molar-refractivity contribution >= 4 is 23.4 Å². The number of nitrogens with zero attached hydrogens (tertiary/aromatic N) is 2. The van der Waals surface area contributed by atoms with Crippen LogP contribution in [-0.4, -0.2) is 129 Å². The van der Waals surface area contributed by atoms with E-state index in [1.54, 1.807) is 26.0 Å². The van der Waals surface area contributed by atoms with Crippen LogP contribution in [-0.2, 0) is 47.5 Å². The molecule has 18 unspecified atom stereocenters. The highest BCUT2D eigenvalue weighted by Crippen LogP contribution is 2.49. The molecule has 0 aromatic heterocycles. The second kappa shape index (κ2) is 24.1. The quantitative estimate of drug-likeness (QED) is 0.0833. The number of hydrogen-bond acceptors (Lipinski definition) is 16. The van der Waals surface area contributed by atoms with Gasteiger partial charge in [-0.15, -0.1) is 0 Å². The first-order valence-corrected chi connectivity index (χ1v) is 29.3. The van der Waals surface area contributed by atoms with Gasteiger partial charge in [-0.25, -0.2) is 0 Å². The summed E-state index contributed by atoms with van der Waals surface area (Å²) in [6.07, 6.45) is 26.1. The van der Waals surface area contributed by atoms with Crippen LogP contribution in [0.3, 0.4) is 0 Å². The van der Waals surface area contributed by atoms with Crippen LogP contribution in [0, 0.1) is 35.5 Å². The lowest BCUT2D eigenvalue weighted by molar-refractivity contribution is -0.335. The zero-order valence-electron chi connectivity index (χ0n) is 48.2. The maximum Gasteiger partial charge on any atom is 0.316 e. The average molecular weight is 1100 g/mol. The highest BCUT2D eigenvalue weighted by molar-refractivity contribution is 6.07. The van der Waals surface area contributed by atoms with E-state index in [1.807, 2.05) is 24.3 Å². The topological polar surface area (TPSA) is 214 Å². The first-order chi connectivity index (χ1) is 37.6. The molecule has 10 rings (SSSR count). The van der Waals surface area contributed by atoms with E-state index in [0.717, 1.165) is 51.4 Å². The van der Waals surface area contributed by atoms with Gasteiger partial charge in [0.15, 0.2) is 11.6 Å². The van der Waals surface area contributed by atoms with Gasteiger partial charge in [0.25, 0.3) is 0 Å². The Bertz CT molecular complexity index is 2610. The summed E-state index contributed by atoms with van der Waals surface area (Å²) in [4.78, 5) is 27.8. The summed E-state index contributed by atoms with van der Waals surface area (Å²) in [5.41, 5.74) is 1.84. The lowest BCUT2D eigenvalue weighted by atomic mass is 9.71. The van der Waals surface area contributed by atoms with Gasteiger partial charge >= 0.3 is 11.9 Å². The smallest absolute Gasteiger partial charge is 0.316 e. The molecule has 18 atom stereocenters. The maximum absolute atomic E-state index is 13.9. The Morgan fingerprint density at radius 1 is 0.608 bits per heavy atom. The standard InChI is InChI=1S/C32H45NO7.C31H43NO7/c1-6-27-21(4)12-13-31(40-27)17-25-16-24(39-31)11-10-20(3)14-19(2)8-7-9-23-18-37-29-28(33-36)22(5)15-26(30(34)38-25)32(23,29)35;1-18-7-6-8-23-17-36-28-27(32-35)21(4)14-26(31(23,28)34)29(33)37-25-15-24(10-9-19(2)13-18)39-30(16-25)12-11-20(3)22(5)38-30/h7-10,15,19,21,24-27,29,35-36H,6,11-14,16-18H2,1-5H3;6-9,14,18,20,22,24-26,28,34-35H,10-13,15-17H2,1-5H3/b8-7+,20-10?,23-9?,33-28?;7-6+,19-9?,23-8?,32-27?. The summed E-state index contributed by atoms with van der Waals surface area (Å²) in [6, 6.07) is 0. The molecule has 2 aliphatic carbocycles. The van der Waals surface area contributed by atoms with Crippen molar-refractivity contribution in [3.05, 3.63) is 94.2 Å². The molecule has 2 spiro atoms. The van der Waals surface area contributed by atoms with Crippen molar-refractivity contribution in [1.29, 1.82) is 0 Å². The van der Waals surface area contributed by atoms with Crippen molar-refractivity contribution in [3.8, 4) is 0 Å². The highest BCUT2D eigenvalue weighted by Gasteiger charge is 2.61.